The van der Waals surface area contributed by atoms with Crippen LogP contribution >= 0.6 is 0 Å². The van der Waals surface area contributed by atoms with E-state index in [1.807, 2.05) is 60.7 Å². The number of carbonyl (C=O) groups is 1. The normalized spacial score (nSPS) is 12.7. The van der Waals surface area contributed by atoms with Gasteiger partial charge >= 0.3 is 0 Å². The molecule has 4 nitrogen and oxygen atoms in total. The van der Waals surface area contributed by atoms with Gasteiger partial charge < -0.3 is 14.8 Å². The fraction of sp³-hybridized carbons (Fsp3) is 0.0500. The first-order valence-electron chi connectivity index (χ1n) is 7.65. The standard InChI is InChI=1S/C20H15NO3/c22-20(10-6-14-5-9-18-19(11-14)24-13-23-18)21-17-8-7-15-3-1-2-4-16(15)12-17/h1-12H,13H2,(H,21,22)/b10-6+. The number of benzene rings is 3. The molecule has 0 aromatic heterocycles. The summed E-state index contributed by atoms with van der Waals surface area (Å²) in [6, 6.07) is 19.5. The molecule has 0 atom stereocenters. The summed E-state index contributed by atoms with van der Waals surface area (Å²) in [7, 11) is 0. The third-order valence-corrected chi connectivity index (χ3v) is 3.84. The Morgan fingerprint density at radius 1 is 0.917 bits per heavy atom. The number of rotatable bonds is 3. The van der Waals surface area contributed by atoms with Crippen molar-refractivity contribution in [3.8, 4) is 11.5 Å². The zero-order valence-electron chi connectivity index (χ0n) is 12.9. The number of nitrogens with one attached hydrogen (secondary N) is 1. The maximum absolute atomic E-state index is 12.1. The van der Waals surface area contributed by atoms with Crippen molar-refractivity contribution in [1.82, 2.24) is 0 Å². The minimum absolute atomic E-state index is 0.178. The van der Waals surface area contributed by atoms with Gasteiger partial charge in [-0.15, -0.1) is 0 Å². The number of fused-ring (bicyclic) bond motifs is 2. The Labute approximate surface area is 139 Å². The van der Waals surface area contributed by atoms with E-state index in [4.69, 9.17) is 9.47 Å². The zero-order chi connectivity index (χ0) is 16.4. The summed E-state index contributed by atoms with van der Waals surface area (Å²) in [5, 5.41) is 5.11. The molecule has 0 unspecified atom stereocenters. The van der Waals surface area contributed by atoms with E-state index in [2.05, 4.69) is 5.32 Å². The SMILES string of the molecule is O=C(/C=C/c1ccc2c(c1)OCO2)Nc1ccc2ccccc2c1. The van der Waals surface area contributed by atoms with E-state index in [9.17, 15) is 4.79 Å². The van der Waals surface area contributed by atoms with Crippen molar-refractivity contribution in [2.75, 3.05) is 12.1 Å². The highest BCUT2D eigenvalue weighted by molar-refractivity contribution is 6.03. The molecule has 0 saturated carbocycles. The van der Waals surface area contributed by atoms with E-state index in [0.29, 0.717) is 5.75 Å². The molecule has 1 aliphatic heterocycles. The molecule has 0 spiro atoms. The smallest absolute Gasteiger partial charge is 0.248 e. The van der Waals surface area contributed by atoms with Gasteiger partial charge in [-0.25, -0.2) is 0 Å². The number of ether oxygens (including phenoxy) is 2. The highest BCUT2D eigenvalue weighted by Gasteiger charge is 2.12. The molecule has 1 aliphatic rings. The molecule has 1 N–H and O–H groups in total. The summed E-state index contributed by atoms with van der Waals surface area (Å²) in [6.07, 6.45) is 3.26. The predicted octanol–water partition coefficient (Wildman–Crippen LogP) is 4.22. The highest BCUT2D eigenvalue weighted by Crippen LogP contribution is 2.32. The second-order valence-electron chi connectivity index (χ2n) is 5.50. The van der Waals surface area contributed by atoms with Crippen LogP contribution in [0.25, 0.3) is 16.8 Å². The van der Waals surface area contributed by atoms with Gasteiger partial charge in [0.15, 0.2) is 11.5 Å². The second-order valence-corrected chi connectivity index (χ2v) is 5.50. The highest BCUT2D eigenvalue weighted by atomic mass is 16.7. The molecule has 0 saturated heterocycles. The Kier molecular flexibility index (Phi) is 3.63. The topological polar surface area (TPSA) is 47.6 Å². The van der Waals surface area contributed by atoms with Crippen molar-refractivity contribution in [3.63, 3.8) is 0 Å². The lowest BCUT2D eigenvalue weighted by Gasteiger charge is -2.04. The lowest BCUT2D eigenvalue weighted by atomic mass is 10.1. The number of hydrogen-bond donors (Lipinski definition) is 1. The molecule has 0 aliphatic carbocycles. The summed E-state index contributed by atoms with van der Waals surface area (Å²) in [6.45, 7) is 0.241. The first-order valence-corrected chi connectivity index (χ1v) is 7.65. The average Bonchev–Trinajstić information content (AvgIpc) is 3.07. The lowest BCUT2D eigenvalue weighted by Crippen LogP contribution is -2.07. The van der Waals surface area contributed by atoms with Crippen molar-refractivity contribution in [2.45, 2.75) is 0 Å². The molecule has 0 bridgehead atoms. The molecule has 24 heavy (non-hydrogen) atoms. The van der Waals surface area contributed by atoms with E-state index in [0.717, 1.165) is 27.8 Å². The molecule has 1 amide bonds. The minimum Gasteiger partial charge on any atom is -0.454 e. The van der Waals surface area contributed by atoms with E-state index < -0.39 is 0 Å². The molecule has 3 aromatic rings. The van der Waals surface area contributed by atoms with Crippen molar-refractivity contribution >= 4 is 28.4 Å². The molecule has 118 valence electrons. The summed E-state index contributed by atoms with van der Waals surface area (Å²) < 4.78 is 10.6. The van der Waals surface area contributed by atoms with Crippen LogP contribution in [0.5, 0.6) is 11.5 Å². The molecular weight excluding hydrogens is 302 g/mol. The minimum atomic E-state index is -0.178. The third-order valence-electron chi connectivity index (χ3n) is 3.84. The van der Waals surface area contributed by atoms with Gasteiger partial charge in [-0.1, -0.05) is 36.4 Å². The van der Waals surface area contributed by atoms with Gasteiger partial charge in [0.25, 0.3) is 0 Å². The molecular formula is C20H15NO3. The molecule has 0 fully saturated rings. The van der Waals surface area contributed by atoms with Crippen molar-refractivity contribution in [3.05, 3.63) is 72.3 Å². The van der Waals surface area contributed by atoms with Crippen LogP contribution in [0.1, 0.15) is 5.56 Å². The van der Waals surface area contributed by atoms with Crippen LogP contribution in [0.15, 0.2) is 66.7 Å². The molecule has 3 aromatic carbocycles. The largest absolute Gasteiger partial charge is 0.454 e. The van der Waals surface area contributed by atoms with Crippen LogP contribution in [0.4, 0.5) is 5.69 Å². The fourth-order valence-corrected chi connectivity index (χ4v) is 2.64. The average molecular weight is 317 g/mol. The molecule has 1 heterocycles. The van der Waals surface area contributed by atoms with E-state index >= 15 is 0 Å². The maximum atomic E-state index is 12.1. The third kappa shape index (κ3) is 2.94. The predicted molar refractivity (Wildman–Crippen MR) is 94.2 cm³/mol. The van der Waals surface area contributed by atoms with Gasteiger partial charge in [-0.05, 0) is 46.7 Å². The summed E-state index contributed by atoms with van der Waals surface area (Å²) >= 11 is 0. The van der Waals surface area contributed by atoms with Crippen LogP contribution in [-0.2, 0) is 4.79 Å². The number of amides is 1. The van der Waals surface area contributed by atoms with E-state index in [1.54, 1.807) is 6.08 Å². The van der Waals surface area contributed by atoms with Crippen molar-refractivity contribution in [1.29, 1.82) is 0 Å². The molecule has 4 rings (SSSR count). The van der Waals surface area contributed by atoms with Crippen molar-refractivity contribution in [2.24, 2.45) is 0 Å². The van der Waals surface area contributed by atoms with Gasteiger partial charge in [-0.3, -0.25) is 4.79 Å². The quantitative estimate of drug-likeness (QED) is 0.736. The molecule has 4 heteroatoms. The maximum Gasteiger partial charge on any atom is 0.248 e. The van der Waals surface area contributed by atoms with Gasteiger partial charge in [0.05, 0.1) is 0 Å². The number of anilines is 1. The monoisotopic (exact) mass is 317 g/mol. The van der Waals surface area contributed by atoms with E-state index in [-0.39, 0.29) is 12.7 Å². The Hall–Kier alpha value is -3.27. The first kappa shape index (κ1) is 14.3. The van der Waals surface area contributed by atoms with Gasteiger partial charge in [0.2, 0.25) is 12.7 Å². The summed E-state index contributed by atoms with van der Waals surface area (Å²) in [4.78, 5) is 12.1. The number of hydrogen-bond acceptors (Lipinski definition) is 3. The number of carbonyl (C=O) groups excluding carboxylic acids is 1. The van der Waals surface area contributed by atoms with Gasteiger partial charge in [-0.2, -0.15) is 0 Å². The van der Waals surface area contributed by atoms with Crippen LogP contribution in [-0.4, -0.2) is 12.7 Å². The van der Waals surface area contributed by atoms with Crippen LogP contribution in [0.3, 0.4) is 0 Å². The van der Waals surface area contributed by atoms with Gasteiger partial charge in [0, 0.05) is 11.8 Å². The Bertz CT molecular complexity index is 947. The molecule has 0 radical (unpaired) electrons. The zero-order valence-corrected chi connectivity index (χ0v) is 12.9. The Morgan fingerprint density at radius 3 is 2.67 bits per heavy atom. The van der Waals surface area contributed by atoms with Crippen molar-refractivity contribution < 1.29 is 14.3 Å². The summed E-state index contributed by atoms with van der Waals surface area (Å²) in [5.41, 5.74) is 1.65. The fourth-order valence-electron chi connectivity index (χ4n) is 2.64. The van der Waals surface area contributed by atoms with E-state index in [1.165, 1.54) is 6.08 Å². The van der Waals surface area contributed by atoms with Gasteiger partial charge in [0.1, 0.15) is 0 Å². The Balaban J connectivity index is 1.47. The van der Waals surface area contributed by atoms with Crippen LogP contribution < -0.4 is 14.8 Å². The second kappa shape index (κ2) is 6.08. The van der Waals surface area contributed by atoms with Crippen LogP contribution in [0, 0.1) is 0 Å². The lowest BCUT2D eigenvalue weighted by molar-refractivity contribution is -0.111. The Morgan fingerprint density at radius 2 is 1.75 bits per heavy atom. The summed E-state index contributed by atoms with van der Waals surface area (Å²) in [5.74, 6) is 1.25. The first-order chi connectivity index (χ1) is 11.8. The van der Waals surface area contributed by atoms with Crippen LogP contribution in [0.2, 0.25) is 0 Å².